The highest BCUT2D eigenvalue weighted by Crippen LogP contribution is 2.30. The van der Waals surface area contributed by atoms with E-state index in [0.29, 0.717) is 21.0 Å². The van der Waals surface area contributed by atoms with Crippen LogP contribution in [0.4, 0.5) is 5.69 Å². The molecule has 25 heavy (non-hydrogen) atoms. The zero-order valence-corrected chi connectivity index (χ0v) is 17.0. The standard InChI is InChI=1S/C15H17BrN2O5S2/c1-18(25(20,21)15-7-6-13(16)24-15)9-14(19)17-11-8-10(22-2)4-5-12(11)23-3/h4-8H,9H2,1-3H3,(H,17,19). The van der Waals surface area contributed by atoms with Gasteiger partial charge < -0.3 is 14.8 Å². The van der Waals surface area contributed by atoms with E-state index >= 15 is 0 Å². The number of benzene rings is 1. The number of amides is 1. The summed E-state index contributed by atoms with van der Waals surface area (Å²) in [5.74, 6) is 0.496. The van der Waals surface area contributed by atoms with Gasteiger partial charge in [0.15, 0.2) is 0 Å². The molecule has 0 fully saturated rings. The molecule has 0 spiro atoms. The number of hydrogen-bond donors (Lipinski definition) is 1. The van der Waals surface area contributed by atoms with E-state index in [2.05, 4.69) is 21.2 Å². The van der Waals surface area contributed by atoms with Crippen molar-refractivity contribution in [3.05, 3.63) is 34.1 Å². The number of carbonyl (C=O) groups excluding carboxylic acids is 1. The second-order valence-electron chi connectivity index (χ2n) is 4.93. The Morgan fingerprint density at radius 3 is 2.52 bits per heavy atom. The molecule has 0 aliphatic heterocycles. The van der Waals surface area contributed by atoms with Crippen LogP contribution >= 0.6 is 27.3 Å². The lowest BCUT2D eigenvalue weighted by Gasteiger charge is -2.17. The molecule has 0 saturated heterocycles. The number of likely N-dealkylation sites (N-methyl/N-ethyl adjacent to an activating group) is 1. The quantitative estimate of drug-likeness (QED) is 0.703. The number of methoxy groups -OCH3 is 2. The van der Waals surface area contributed by atoms with Gasteiger partial charge in [-0.05, 0) is 40.2 Å². The predicted octanol–water partition coefficient (Wildman–Crippen LogP) is 2.79. The number of hydrogen-bond acceptors (Lipinski definition) is 6. The molecular weight excluding hydrogens is 432 g/mol. The normalized spacial score (nSPS) is 11.4. The van der Waals surface area contributed by atoms with Crippen molar-refractivity contribution in [2.24, 2.45) is 0 Å². The highest BCUT2D eigenvalue weighted by atomic mass is 79.9. The van der Waals surface area contributed by atoms with Crippen LogP contribution in [0.1, 0.15) is 0 Å². The van der Waals surface area contributed by atoms with Crippen LogP contribution in [-0.4, -0.2) is 46.4 Å². The first-order chi connectivity index (χ1) is 11.8. The lowest BCUT2D eigenvalue weighted by Crippen LogP contribution is -2.34. The molecule has 2 aromatic rings. The van der Waals surface area contributed by atoms with Gasteiger partial charge in [0.25, 0.3) is 10.0 Å². The van der Waals surface area contributed by atoms with Crippen LogP contribution in [0, 0.1) is 0 Å². The van der Waals surface area contributed by atoms with Crippen LogP contribution in [0.25, 0.3) is 0 Å². The van der Waals surface area contributed by atoms with Crippen LogP contribution in [0.2, 0.25) is 0 Å². The zero-order chi connectivity index (χ0) is 18.6. The maximum absolute atomic E-state index is 12.4. The van der Waals surface area contributed by atoms with Gasteiger partial charge in [0, 0.05) is 13.1 Å². The summed E-state index contributed by atoms with van der Waals surface area (Å²) in [6.45, 7) is -0.335. The number of nitrogens with one attached hydrogen (secondary N) is 1. The number of rotatable bonds is 7. The van der Waals surface area contributed by atoms with Crippen LogP contribution in [-0.2, 0) is 14.8 Å². The summed E-state index contributed by atoms with van der Waals surface area (Å²) >= 11 is 4.31. The molecule has 0 unspecified atom stereocenters. The Labute approximate surface area is 158 Å². The summed E-state index contributed by atoms with van der Waals surface area (Å²) in [4.78, 5) is 12.3. The molecule has 2 rings (SSSR count). The highest BCUT2D eigenvalue weighted by molar-refractivity contribution is 9.11. The fraction of sp³-hybridized carbons (Fsp3) is 0.267. The molecule has 1 amide bonds. The summed E-state index contributed by atoms with van der Waals surface area (Å²) in [5.41, 5.74) is 0.400. The predicted molar refractivity (Wildman–Crippen MR) is 100 cm³/mol. The van der Waals surface area contributed by atoms with Crippen molar-refractivity contribution in [3.8, 4) is 11.5 Å². The van der Waals surface area contributed by atoms with E-state index in [1.54, 1.807) is 24.3 Å². The molecule has 7 nitrogen and oxygen atoms in total. The molecule has 1 heterocycles. The third-order valence-electron chi connectivity index (χ3n) is 3.26. The van der Waals surface area contributed by atoms with E-state index in [4.69, 9.17) is 9.47 Å². The zero-order valence-electron chi connectivity index (χ0n) is 13.8. The summed E-state index contributed by atoms with van der Waals surface area (Å²) in [5, 5.41) is 2.64. The van der Waals surface area contributed by atoms with E-state index in [1.807, 2.05) is 0 Å². The summed E-state index contributed by atoms with van der Waals surface area (Å²) in [6.07, 6.45) is 0. The van der Waals surface area contributed by atoms with E-state index in [0.717, 1.165) is 15.6 Å². The minimum Gasteiger partial charge on any atom is -0.497 e. The van der Waals surface area contributed by atoms with Gasteiger partial charge in [-0.15, -0.1) is 11.3 Å². The lowest BCUT2D eigenvalue weighted by atomic mass is 10.2. The summed E-state index contributed by atoms with van der Waals surface area (Å²) in [7, 11) is 0.605. The molecule has 0 saturated carbocycles. The number of ether oxygens (including phenoxy) is 2. The van der Waals surface area contributed by atoms with Crippen LogP contribution < -0.4 is 14.8 Å². The smallest absolute Gasteiger partial charge is 0.252 e. The average molecular weight is 449 g/mol. The fourth-order valence-corrected chi connectivity index (χ4v) is 5.33. The Bertz CT molecular complexity index is 867. The minimum atomic E-state index is -3.73. The number of thiophene rings is 1. The van der Waals surface area contributed by atoms with E-state index in [9.17, 15) is 13.2 Å². The van der Waals surface area contributed by atoms with Crippen LogP contribution in [0.5, 0.6) is 11.5 Å². The summed E-state index contributed by atoms with van der Waals surface area (Å²) < 4.78 is 37.0. The first-order valence-corrected chi connectivity index (χ1v) is 10.1. The first-order valence-electron chi connectivity index (χ1n) is 7.01. The van der Waals surface area contributed by atoms with Gasteiger partial charge in [-0.3, -0.25) is 4.79 Å². The lowest BCUT2D eigenvalue weighted by molar-refractivity contribution is -0.116. The molecule has 10 heteroatoms. The summed E-state index contributed by atoms with van der Waals surface area (Å²) in [6, 6.07) is 8.08. The van der Waals surface area contributed by atoms with E-state index < -0.39 is 15.9 Å². The van der Waals surface area contributed by atoms with Gasteiger partial charge in [-0.1, -0.05) is 0 Å². The van der Waals surface area contributed by atoms with Gasteiger partial charge >= 0.3 is 0 Å². The Kier molecular flexibility index (Phi) is 6.44. The fourth-order valence-electron chi connectivity index (χ4n) is 1.98. The van der Waals surface area contributed by atoms with Crippen molar-refractivity contribution in [1.29, 1.82) is 0 Å². The topological polar surface area (TPSA) is 84.9 Å². The Morgan fingerprint density at radius 1 is 1.24 bits per heavy atom. The molecule has 0 aliphatic rings. The molecule has 0 atom stereocenters. The van der Waals surface area contributed by atoms with Crippen molar-refractivity contribution in [2.75, 3.05) is 33.1 Å². The third kappa shape index (κ3) is 4.72. The molecule has 0 bridgehead atoms. The van der Waals surface area contributed by atoms with Crippen molar-refractivity contribution >= 4 is 48.9 Å². The van der Waals surface area contributed by atoms with Crippen molar-refractivity contribution in [2.45, 2.75) is 4.21 Å². The van der Waals surface area contributed by atoms with Gasteiger partial charge in [0.2, 0.25) is 5.91 Å². The second kappa shape index (κ2) is 8.17. The maximum atomic E-state index is 12.4. The number of halogens is 1. The van der Waals surface area contributed by atoms with Gasteiger partial charge in [-0.25, -0.2) is 8.42 Å². The molecule has 1 aromatic carbocycles. The van der Waals surface area contributed by atoms with Gasteiger partial charge in [0.05, 0.1) is 30.2 Å². The largest absolute Gasteiger partial charge is 0.497 e. The Balaban J connectivity index is 2.12. The first kappa shape index (κ1) is 19.7. The molecular formula is C15H17BrN2O5S2. The van der Waals surface area contributed by atoms with Gasteiger partial charge in [0.1, 0.15) is 15.7 Å². The number of sulfonamides is 1. The average Bonchev–Trinajstić information content (AvgIpc) is 3.01. The Morgan fingerprint density at radius 2 is 1.96 bits per heavy atom. The van der Waals surface area contributed by atoms with E-state index in [1.165, 1.54) is 27.3 Å². The molecule has 0 aliphatic carbocycles. The maximum Gasteiger partial charge on any atom is 0.252 e. The highest BCUT2D eigenvalue weighted by Gasteiger charge is 2.25. The second-order valence-corrected chi connectivity index (χ2v) is 9.67. The minimum absolute atomic E-state index is 0.161. The van der Waals surface area contributed by atoms with Crippen LogP contribution in [0.3, 0.4) is 0 Å². The third-order valence-corrected chi connectivity index (χ3v) is 7.15. The van der Waals surface area contributed by atoms with E-state index in [-0.39, 0.29) is 10.8 Å². The number of nitrogens with zero attached hydrogens (tertiary/aromatic N) is 1. The van der Waals surface area contributed by atoms with Crippen molar-refractivity contribution < 1.29 is 22.7 Å². The van der Waals surface area contributed by atoms with Crippen LogP contribution in [0.15, 0.2) is 38.3 Å². The SMILES string of the molecule is COc1ccc(OC)c(NC(=O)CN(C)S(=O)(=O)c2ccc(Br)s2)c1. The number of carbonyl (C=O) groups is 1. The Hall–Kier alpha value is -1.62. The molecule has 136 valence electrons. The molecule has 1 aromatic heterocycles. The number of anilines is 1. The monoisotopic (exact) mass is 448 g/mol. The molecule has 1 N–H and O–H groups in total. The molecule has 0 radical (unpaired) electrons. The van der Waals surface area contributed by atoms with Crippen molar-refractivity contribution in [1.82, 2.24) is 4.31 Å². The van der Waals surface area contributed by atoms with Crippen molar-refractivity contribution in [3.63, 3.8) is 0 Å². The van der Waals surface area contributed by atoms with Gasteiger partial charge in [-0.2, -0.15) is 4.31 Å².